The normalized spacial score (nSPS) is 23.5. The van der Waals surface area contributed by atoms with Crippen LogP contribution in [-0.2, 0) is 16.9 Å². The number of fused-ring (bicyclic) bond motifs is 2. The molecule has 0 atom stereocenters. The highest BCUT2D eigenvalue weighted by Gasteiger charge is 2.43. The molecule has 2 aliphatic heterocycles. The molecule has 0 bridgehead atoms. The molecule has 126 valence electrons. The Morgan fingerprint density at radius 2 is 1.96 bits per heavy atom. The fraction of sp³-hybridized carbons (Fsp3) is 0.722. The lowest BCUT2D eigenvalue weighted by Crippen LogP contribution is -2.23. The summed E-state index contributed by atoms with van der Waals surface area (Å²) in [6.45, 7) is 3.72. The minimum Gasteiger partial charge on any atom is -0.356 e. The summed E-state index contributed by atoms with van der Waals surface area (Å²) in [6.07, 6.45) is 9.64. The van der Waals surface area contributed by atoms with Gasteiger partial charge in [-0.3, -0.25) is 4.79 Å². The number of likely N-dealkylation sites (tertiary alicyclic amines) is 1. The monoisotopic (exact) mass is 350 g/mol. The average molecular weight is 351 g/mol. The van der Waals surface area contributed by atoms with Crippen molar-refractivity contribution in [1.82, 2.24) is 9.88 Å². The number of hydrogen-bond acceptors (Lipinski definition) is 4. The van der Waals surface area contributed by atoms with Gasteiger partial charge in [0, 0.05) is 22.8 Å². The average Bonchev–Trinajstić information content (AvgIpc) is 3.28. The molecule has 0 saturated carbocycles. The van der Waals surface area contributed by atoms with Crippen LogP contribution in [0.1, 0.15) is 59.4 Å². The van der Waals surface area contributed by atoms with Gasteiger partial charge in [-0.05, 0) is 70.1 Å². The number of aryl methyl sites for hydroxylation is 1. The SMILES string of the molecule is O=Cc1[nH]c2c(c1CCCN1CCCC1)C1(CCC2)SCCS1. The third-order valence-electron chi connectivity index (χ3n) is 5.50. The van der Waals surface area contributed by atoms with E-state index in [-0.39, 0.29) is 4.08 Å². The van der Waals surface area contributed by atoms with E-state index < -0.39 is 0 Å². The molecular weight excluding hydrogens is 324 g/mol. The molecule has 3 nitrogen and oxygen atoms in total. The van der Waals surface area contributed by atoms with E-state index in [0.717, 1.165) is 24.8 Å². The van der Waals surface area contributed by atoms with E-state index >= 15 is 0 Å². The van der Waals surface area contributed by atoms with E-state index in [1.54, 1.807) is 0 Å². The summed E-state index contributed by atoms with van der Waals surface area (Å²) in [4.78, 5) is 17.7. The number of carbonyl (C=O) groups is 1. The molecular formula is C18H26N2OS2. The summed E-state index contributed by atoms with van der Waals surface area (Å²) in [6, 6.07) is 0. The third-order valence-corrected chi connectivity index (χ3v) is 9.03. The zero-order chi connectivity index (χ0) is 15.7. The molecule has 0 unspecified atom stereocenters. The second kappa shape index (κ2) is 6.85. The van der Waals surface area contributed by atoms with Crippen molar-refractivity contribution in [2.24, 2.45) is 0 Å². The molecule has 1 aromatic rings. The van der Waals surface area contributed by atoms with E-state index in [9.17, 15) is 4.79 Å². The van der Waals surface area contributed by atoms with Crippen LogP contribution in [0.5, 0.6) is 0 Å². The highest BCUT2D eigenvalue weighted by Crippen LogP contribution is 2.59. The first kappa shape index (κ1) is 16.1. The van der Waals surface area contributed by atoms with Crippen LogP contribution in [0.3, 0.4) is 0 Å². The largest absolute Gasteiger partial charge is 0.356 e. The molecule has 0 radical (unpaired) electrons. The summed E-state index contributed by atoms with van der Waals surface area (Å²) in [7, 11) is 0. The molecule has 0 aromatic carbocycles. The zero-order valence-corrected chi connectivity index (χ0v) is 15.4. The van der Waals surface area contributed by atoms with Gasteiger partial charge < -0.3 is 9.88 Å². The molecule has 4 rings (SSSR count). The molecule has 2 saturated heterocycles. The van der Waals surface area contributed by atoms with Crippen molar-refractivity contribution >= 4 is 29.8 Å². The first-order chi connectivity index (χ1) is 11.3. The van der Waals surface area contributed by atoms with Gasteiger partial charge in [-0.1, -0.05) is 0 Å². The molecule has 23 heavy (non-hydrogen) atoms. The van der Waals surface area contributed by atoms with Crippen LogP contribution in [0.25, 0.3) is 0 Å². The Balaban J connectivity index is 1.57. The predicted molar refractivity (Wildman–Crippen MR) is 99.7 cm³/mol. The summed E-state index contributed by atoms with van der Waals surface area (Å²) in [5.74, 6) is 2.50. The Bertz CT molecular complexity index is 572. The van der Waals surface area contributed by atoms with Gasteiger partial charge in [0.15, 0.2) is 6.29 Å². The first-order valence-corrected chi connectivity index (χ1v) is 11.0. The van der Waals surface area contributed by atoms with Crippen molar-refractivity contribution in [2.75, 3.05) is 31.1 Å². The lowest BCUT2D eigenvalue weighted by atomic mass is 9.91. The highest BCUT2D eigenvalue weighted by atomic mass is 32.2. The Morgan fingerprint density at radius 1 is 1.17 bits per heavy atom. The van der Waals surface area contributed by atoms with Crippen molar-refractivity contribution in [3.05, 3.63) is 22.5 Å². The molecule has 5 heteroatoms. The minimum atomic E-state index is 0.244. The molecule has 1 spiro atoms. The number of rotatable bonds is 5. The van der Waals surface area contributed by atoms with Crippen molar-refractivity contribution < 1.29 is 4.79 Å². The number of nitrogens with zero attached hydrogens (tertiary/aromatic N) is 1. The Morgan fingerprint density at radius 3 is 2.70 bits per heavy atom. The number of carbonyl (C=O) groups excluding carboxylic acids is 1. The number of aldehydes is 1. The number of hydrogen-bond donors (Lipinski definition) is 1. The van der Waals surface area contributed by atoms with Crippen LogP contribution in [0.4, 0.5) is 0 Å². The zero-order valence-electron chi connectivity index (χ0n) is 13.7. The maximum atomic E-state index is 11.6. The Hall–Kier alpha value is -0.390. The molecule has 1 aromatic heterocycles. The van der Waals surface area contributed by atoms with Gasteiger partial charge in [-0.15, -0.1) is 23.5 Å². The predicted octanol–water partition coefficient (Wildman–Crippen LogP) is 3.82. The van der Waals surface area contributed by atoms with Gasteiger partial charge in [-0.25, -0.2) is 0 Å². The number of nitrogens with one attached hydrogen (secondary N) is 1. The number of aromatic nitrogens is 1. The van der Waals surface area contributed by atoms with Crippen LogP contribution in [0.15, 0.2) is 0 Å². The van der Waals surface area contributed by atoms with Gasteiger partial charge in [0.05, 0.1) is 9.77 Å². The van der Waals surface area contributed by atoms with Gasteiger partial charge >= 0.3 is 0 Å². The summed E-state index contributed by atoms with van der Waals surface area (Å²) >= 11 is 4.24. The van der Waals surface area contributed by atoms with Crippen LogP contribution < -0.4 is 0 Å². The van der Waals surface area contributed by atoms with Crippen molar-refractivity contribution in [3.63, 3.8) is 0 Å². The van der Waals surface area contributed by atoms with Crippen LogP contribution in [0, 0.1) is 0 Å². The molecule has 3 heterocycles. The lowest BCUT2D eigenvalue weighted by molar-refractivity contribution is 0.111. The van der Waals surface area contributed by atoms with E-state index in [0.29, 0.717) is 0 Å². The highest BCUT2D eigenvalue weighted by molar-refractivity contribution is 8.20. The summed E-state index contributed by atoms with van der Waals surface area (Å²) < 4.78 is 0.244. The van der Waals surface area contributed by atoms with Crippen LogP contribution >= 0.6 is 23.5 Å². The Kier molecular flexibility index (Phi) is 4.79. The summed E-state index contributed by atoms with van der Waals surface area (Å²) in [5.41, 5.74) is 5.08. The quantitative estimate of drug-likeness (QED) is 0.819. The van der Waals surface area contributed by atoms with Crippen LogP contribution in [-0.4, -0.2) is 47.3 Å². The van der Waals surface area contributed by atoms with E-state index in [1.807, 2.05) is 0 Å². The second-order valence-corrected chi connectivity index (χ2v) is 9.99. The minimum absolute atomic E-state index is 0.244. The standard InChI is InChI=1S/C18H26N2OS2/c21-13-16-14(5-4-10-20-8-1-2-9-20)17-15(19-16)6-3-7-18(17)22-11-12-23-18/h13,19H,1-12H2. The molecule has 3 aliphatic rings. The summed E-state index contributed by atoms with van der Waals surface area (Å²) in [5, 5.41) is 0. The van der Waals surface area contributed by atoms with Crippen molar-refractivity contribution in [2.45, 2.75) is 49.0 Å². The van der Waals surface area contributed by atoms with Crippen molar-refractivity contribution in [3.8, 4) is 0 Å². The van der Waals surface area contributed by atoms with Crippen LogP contribution in [0.2, 0.25) is 0 Å². The smallest absolute Gasteiger partial charge is 0.166 e. The topological polar surface area (TPSA) is 36.1 Å². The van der Waals surface area contributed by atoms with Gasteiger partial charge in [0.1, 0.15) is 0 Å². The maximum absolute atomic E-state index is 11.6. The van der Waals surface area contributed by atoms with Gasteiger partial charge in [-0.2, -0.15) is 0 Å². The molecule has 1 N–H and O–H groups in total. The van der Waals surface area contributed by atoms with E-state index in [2.05, 4.69) is 33.4 Å². The fourth-order valence-electron chi connectivity index (χ4n) is 4.48. The molecule has 0 amide bonds. The van der Waals surface area contributed by atoms with Gasteiger partial charge in [0.25, 0.3) is 0 Å². The first-order valence-electron chi connectivity index (χ1n) is 9.02. The number of thioether (sulfide) groups is 2. The molecule has 2 fully saturated rings. The third kappa shape index (κ3) is 3.00. The van der Waals surface area contributed by atoms with E-state index in [1.165, 1.54) is 80.1 Å². The lowest BCUT2D eigenvalue weighted by Gasteiger charge is -2.33. The fourth-order valence-corrected chi connectivity index (χ4v) is 8.00. The molecule has 1 aliphatic carbocycles. The Labute approximate surface area is 147 Å². The second-order valence-electron chi connectivity index (χ2n) is 6.94. The van der Waals surface area contributed by atoms with E-state index in [4.69, 9.17) is 0 Å². The van der Waals surface area contributed by atoms with Crippen molar-refractivity contribution in [1.29, 1.82) is 0 Å². The number of aromatic amines is 1. The number of H-pyrrole nitrogens is 1. The van der Waals surface area contributed by atoms with Gasteiger partial charge in [0.2, 0.25) is 0 Å². The maximum Gasteiger partial charge on any atom is 0.166 e.